The lowest BCUT2D eigenvalue weighted by atomic mass is 10.4. The number of hydrogen-bond acceptors (Lipinski definition) is 3. The van der Waals surface area contributed by atoms with Gasteiger partial charge in [-0.3, -0.25) is 0 Å². The third-order valence-corrected chi connectivity index (χ3v) is 7.15. The molecule has 3 nitrogen and oxygen atoms in total. The zero-order valence-corrected chi connectivity index (χ0v) is 13.4. The molecule has 0 aliphatic heterocycles. The highest BCUT2D eigenvalue weighted by Gasteiger charge is 2.35. The molecule has 0 bridgehead atoms. The van der Waals surface area contributed by atoms with E-state index in [9.17, 15) is 4.79 Å². The van der Waals surface area contributed by atoms with Gasteiger partial charge in [0.25, 0.3) is 0 Å². The Labute approximate surface area is 113 Å². The van der Waals surface area contributed by atoms with Crippen molar-refractivity contribution in [2.75, 3.05) is 12.8 Å². The van der Waals surface area contributed by atoms with E-state index >= 15 is 0 Å². The van der Waals surface area contributed by atoms with E-state index in [1.54, 1.807) is 6.92 Å². The summed E-state index contributed by atoms with van der Waals surface area (Å²) in [6, 6.07) is 2.12. The second-order valence-electron chi connectivity index (χ2n) is 4.89. The first-order valence-electron chi connectivity index (χ1n) is 6.98. The molecule has 106 valence electrons. The van der Waals surface area contributed by atoms with Crippen LogP contribution in [0.4, 0.5) is 0 Å². The number of ether oxygens (including phenoxy) is 1. The fourth-order valence-corrected chi connectivity index (χ4v) is 5.77. The highest BCUT2D eigenvalue weighted by Crippen LogP contribution is 2.22. The minimum Gasteiger partial charge on any atom is -0.463 e. The summed E-state index contributed by atoms with van der Waals surface area (Å²) in [4.78, 5) is 11.5. The van der Waals surface area contributed by atoms with Crippen LogP contribution < -0.4 is 0 Å². The lowest BCUT2D eigenvalue weighted by Gasteiger charge is -2.30. The largest absolute Gasteiger partial charge is 0.463 e. The fraction of sp³-hybridized carbons (Fsp3) is 0.786. The van der Waals surface area contributed by atoms with E-state index in [-0.39, 0.29) is 5.97 Å². The van der Waals surface area contributed by atoms with Crippen molar-refractivity contribution in [3.8, 4) is 0 Å². The summed E-state index contributed by atoms with van der Waals surface area (Å²) in [6.07, 6.45) is 3.65. The molecule has 0 radical (unpaired) electrons. The molecule has 0 aliphatic rings. The van der Waals surface area contributed by atoms with Gasteiger partial charge in [0, 0.05) is 12.2 Å². The van der Waals surface area contributed by atoms with Gasteiger partial charge < -0.3 is 9.16 Å². The summed E-state index contributed by atoms with van der Waals surface area (Å²) in [5.41, 5.74) is 0.460. The molecule has 0 aliphatic carbocycles. The second-order valence-corrected chi connectivity index (χ2v) is 8.83. The maximum atomic E-state index is 11.5. The molecule has 0 unspecified atom stereocenters. The van der Waals surface area contributed by atoms with E-state index in [4.69, 9.17) is 9.16 Å². The molecule has 0 N–H and O–H groups in total. The highest BCUT2D eigenvalue weighted by molar-refractivity contribution is 6.73. The van der Waals surface area contributed by atoms with Crippen molar-refractivity contribution in [3.63, 3.8) is 0 Å². The molecule has 0 spiro atoms. The molecule has 18 heavy (non-hydrogen) atoms. The molecule has 0 aromatic rings. The number of esters is 1. The molecular weight excluding hydrogens is 244 g/mol. The summed E-state index contributed by atoms with van der Waals surface area (Å²) in [5.74, 6) is -0.292. The molecule has 0 aromatic carbocycles. The van der Waals surface area contributed by atoms with Gasteiger partial charge in [0.15, 0.2) is 0 Å². The maximum absolute atomic E-state index is 11.5. The Morgan fingerprint density at radius 1 is 1.11 bits per heavy atom. The first-order chi connectivity index (χ1) is 8.51. The third kappa shape index (κ3) is 6.35. The van der Waals surface area contributed by atoms with Crippen LogP contribution in [0.15, 0.2) is 12.2 Å². The van der Waals surface area contributed by atoms with E-state index in [1.807, 2.05) is 0 Å². The standard InChI is InChI=1S/C14H28O3Si/c1-6-9-17-18(10-7-2,11-8-3)12-16-14(15)13(4)5/h4,6-12H2,1-3,5H3. The van der Waals surface area contributed by atoms with Crippen LogP contribution in [-0.4, -0.2) is 27.1 Å². The lowest BCUT2D eigenvalue weighted by Crippen LogP contribution is -2.44. The van der Waals surface area contributed by atoms with Crippen LogP contribution in [0, 0.1) is 0 Å². The van der Waals surface area contributed by atoms with Crippen LogP contribution in [0.2, 0.25) is 12.1 Å². The van der Waals surface area contributed by atoms with Crippen LogP contribution in [0.5, 0.6) is 0 Å². The fourth-order valence-electron chi connectivity index (χ4n) is 2.01. The number of rotatable bonds is 10. The molecule has 0 fully saturated rings. The molecule has 0 rings (SSSR count). The van der Waals surface area contributed by atoms with Crippen molar-refractivity contribution in [2.24, 2.45) is 0 Å². The van der Waals surface area contributed by atoms with Crippen LogP contribution in [0.25, 0.3) is 0 Å². The first-order valence-corrected chi connectivity index (χ1v) is 9.50. The first kappa shape index (κ1) is 17.4. The molecular formula is C14H28O3Si. The van der Waals surface area contributed by atoms with E-state index in [0.717, 1.165) is 38.0 Å². The Morgan fingerprint density at radius 2 is 1.67 bits per heavy atom. The zero-order chi connectivity index (χ0) is 14.0. The normalized spacial score (nSPS) is 11.3. The van der Waals surface area contributed by atoms with Crippen molar-refractivity contribution < 1.29 is 14.0 Å². The van der Waals surface area contributed by atoms with Crippen molar-refractivity contribution in [1.29, 1.82) is 0 Å². The number of carbonyl (C=O) groups is 1. The SMILES string of the molecule is C=C(C)C(=O)OC[Si](CCC)(CCC)OCCC. The highest BCUT2D eigenvalue weighted by atomic mass is 28.4. The van der Waals surface area contributed by atoms with Crippen molar-refractivity contribution >= 4 is 14.3 Å². The smallest absolute Gasteiger partial charge is 0.332 e. The molecule has 0 saturated heterocycles. The van der Waals surface area contributed by atoms with Crippen LogP contribution >= 0.6 is 0 Å². The quantitative estimate of drug-likeness (QED) is 0.344. The monoisotopic (exact) mass is 272 g/mol. The van der Waals surface area contributed by atoms with Gasteiger partial charge in [-0.2, -0.15) is 0 Å². The van der Waals surface area contributed by atoms with Crippen molar-refractivity contribution in [3.05, 3.63) is 12.2 Å². The Kier molecular flexibility index (Phi) is 9.02. The van der Waals surface area contributed by atoms with Gasteiger partial charge in [0.2, 0.25) is 8.32 Å². The van der Waals surface area contributed by atoms with Gasteiger partial charge in [-0.05, 0) is 25.4 Å². The van der Waals surface area contributed by atoms with Gasteiger partial charge in [0.05, 0.1) is 0 Å². The van der Waals surface area contributed by atoms with E-state index in [2.05, 4.69) is 27.4 Å². The summed E-state index contributed by atoms with van der Waals surface area (Å²) in [6.45, 7) is 12.5. The average molecular weight is 272 g/mol. The molecule has 0 heterocycles. The van der Waals surface area contributed by atoms with Crippen molar-refractivity contribution in [2.45, 2.75) is 59.0 Å². The van der Waals surface area contributed by atoms with E-state index < -0.39 is 8.32 Å². The van der Waals surface area contributed by atoms with E-state index in [0.29, 0.717) is 11.8 Å². The summed E-state index contributed by atoms with van der Waals surface area (Å²) in [7, 11) is -1.91. The Hall–Kier alpha value is -0.613. The van der Waals surface area contributed by atoms with Crippen molar-refractivity contribution in [1.82, 2.24) is 0 Å². The molecule has 0 atom stereocenters. The minimum absolute atomic E-state index is 0.292. The third-order valence-electron chi connectivity index (χ3n) is 2.84. The Morgan fingerprint density at radius 3 is 2.06 bits per heavy atom. The van der Waals surface area contributed by atoms with E-state index in [1.165, 1.54) is 0 Å². The number of carbonyl (C=O) groups excluding carboxylic acids is 1. The van der Waals surface area contributed by atoms with Crippen LogP contribution in [0.1, 0.15) is 47.0 Å². The molecule has 0 saturated carbocycles. The zero-order valence-electron chi connectivity index (χ0n) is 12.4. The van der Waals surface area contributed by atoms with Gasteiger partial charge >= 0.3 is 5.97 Å². The lowest BCUT2D eigenvalue weighted by molar-refractivity contribution is -0.137. The molecule has 0 amide bonds. The summed E-state index contributed by atoms with van der Waals surface area (Å²) < 4.78 is 11.5. The second kappa shape index (κ2) is 9.33. The minimum atomic E-state index is -1.91. The molecule has 0 aromatic heterocycles. The maximum Gasteiger partial charge on any atom is 0.332 e. The Bertz CT molecular complexity index is 258. The summed E-state index contributed by atoms with van der Waals surface area (Å²) in [5, 5.41) is 0. The van der Waals surface area contributed by atoms with Gasteiger partial charge in [-0.25, -0.2) is 4.79 Å². The summed E-state index contributed by atoms with van der Waals surface area (Å²) >= 11 is 0. The van der Waals surface area contributed by atoms with Crippen LogP contribution in [-0.2, 0) is 14.0 Å². The van der Waals surface area contributed by atoms with Gasteiger partial charge in [0.1, 0.15) is 6.23 Å². The van der Waals surface area contributed by atoms with Gasteiger partial charge in [-0.1, -0.05) is 40.2 Å². The topological polar surface area (TPSA) is 35.5 Å². The molecule has 4 heteroatoms. The van der Waals surface area contributed by atoms with Gasteiger partial charge in [-0.15, -0.1) is 0 Å². The number of hydrogen-bond donors (Lipinski definition) is 0. The van der Waals surface area contributed by atoms with Crippen LogP contribution in [0.3, 0.4) is 0 Å². The average Bonchev–Trinajstić information content (AvgIpc) is 2.34. The Balaban J connectivity index is 4.58. The predicted molar refractivity (Wildman–Crippen MR) is 78.0 cm³/mol. The predicted octanol–water partition coefficient (Wildman–Crippen LogP) is 3.84.